The molecule has 0 fully saturated rings. The van der Waals surface area contributed by atoms with Crippen molar-refractivity contribution in [2.45, 2.75) is 0 Å². The van der Waals surface area contributed by atoms with E-state index in [-0.39, 0.29) is 0 Å². The molecule has 0 nitrogen and oxygen atoms in total. The van der Waals surface area contributed by atoms with Crippen molar-refractivity contribution in [3.63, 3.8) is 0 Å². The number of hydrogen-bond acceptors (Lipinski definition) is 0. The van der Waals surface area contributed by atoms with E-state index < -0.39 is 0 Å². The highest BCUT2D eigenvalue weighted by atomic mass is 79.9. The summed E-state index contributed by atoms with van der Waals surface area (Å²) >= 11 is 4.01. The SMILES string of the molecule is Brc1ccc2cccc3c2c1-c1c(-c2ccccc2)c(-c2ccccc2)c(-c2ccccc2)c(-c2ccccc2)c1-3. The smallest absolute Gasteiger partial charge is 0.0260 e. The fourth-order valence-corrected chi connectivity index (χ4v) is 7.18. The van der Waals surface area contributed by atoms with Crippen molar-refractivity contribution in [2.24, 2.45) is 0 Å². The summed E-state index contributed by atoms with van der Waals surface area (Å²) in [5, 5.41) is 2.58. The molecule has 8 rings (SSSR count). The average Bonchev–Trinajstić information content (AvgIpc) is 3.40. The lowest BCUT2D eigenvalue weighted by atomic mass is 9.76. The summed E-state index contributed by atoms with van der Waals surface area (Å²) in [6.07, 6.45) is 0. The topological polar surface area (TPSA) is 0 Å². The van der Waals surface area contributed by atoms with E-state index in [4.69, 9.17) is 0 Å². The van der Waals surface area contributed by atoms with E-state index in [2.05, 4.69) is 168 Å². The maximum Gasteiger partial charge on any atom is 0.0260 e. The van der Waals surface area contributed by atoms with Gasteiger partial charge in [0.15, 0.2) is 0 Å². The van der Waals surface area contributed by atoms with Crippen molar-refractivity contribution in [3.05, 3.63) is 156 Å². The van der Waals surface area contributed by atoms with E-state index in [1.54, 1.807) is 0 Å². The predicted molar refractivity (Wildman–Crippen MR) is 178 cm³/mol. The Bertz CT molecular complexity index is 2060. The van der Waals surface area contributed by atoms with Crippen LogP contribution >= 0.6 is 15.9 Å². The van der Waals surface area contributed by atoms with Crippen molar-refractivity contribution in [2.75, 3.05) is 0 Å². The molecule has 7 aromatic carbocycles. The molecular formula is C40H25Br. The monoisotopic (exact) mass is 584 g/mol. The molecule has 0 N–H and O–H groups in total. The van der Waals surface area contributed by atoms with Crippen LogP contribution in [-0.4, -0.2) is 0 Å². The van der Waals surface area contributed by atoms with Crippen LogP contribution in [0.25, 0.3) is 77.5 Å². The van der Waals surface area contributed by atoms with Crippen LogP contribution in [0.2, 0.25) is 0 Å². The lowest BCUT2D eigenvalue weighted by Crippen LogP contribution is -1.99. The van der Waals surface area contributed by atoms with Gasteiger partial charge >= 0.3 is 0 Å². The van der Waals surface area contributed by atoms with E-state index in [1.807, 2.05) is 0 Å². The van der Waals surface area contributed by atoms with Crippen molar-refractivity contribution >= 4 is 26.7 Å². The van der Waals surface area contributed by atoms with Gasteiger partial charge in [-0.3, -0.25) is 0 Å². The van der Waals surface area contributed by atoms with Crippen LogP contribution in [0, 0.1) is 0 Å². The van der Waals surface area contributed by atoms with E-state index in [0.29, 0.717) is 0 Å². The summed E-state index contributed by atoms with van der Waals surface area (Å²) in [5.74, 6) is 0. The van der Waals surface area contributed by atoms with Crippen LogP contribution in [0.5, 0.6) is 0 Å². The summed E-state index contributed by atoms with van der Waals surface area (Å²) < 4.78 is 1.12. The van der Waals surface area contributed by atoms with Crippen LogP contribution in [0.1, 0.15) is 0 Å². The molecule has 0 atom stereocenters. The lowest BCUT2D eigenvalue weighted by molar-refractivity contribution is 1.54. The normalized spacial score (nSPS) is 11.5. The van der Waals surface area contributed by atoms with E-state index >= 15 is 0 Å². The molecule has 0 heterocycles. The molecule has 0 spiro atoms. The van der Waals surface area contributed by atoms with Gasteiger partial charge in [-0.2, -0.15) is 0 Å². The molecule has 1 aliphatic carbocycles. The Balaban J connectivity index is 1.70. The first kappa shape index (κ1) is 24.1. The van der Waals surface area contributed by atoms with Gasteiger partial charge in [0, 0.05) is 15.6 Å². The summed E-state index contributed by atoms with van der Waals surface area (Å²) in [6, 6.07) is 54.9. The van der Waals surface area contributed by atoms with Gasteiger partial charge in [0.25, 0.3) is 0 Å². The molecule has 7 aromatic rings. The standard InChI is InChI=1S/C40H25Br/c41-32-25-24-30-22-13-23-31-33(30)39(32)40-37(29-20-11-4-12-21-29)35(27-16-7-2-8-17-27)34(26-14-5-1-6-15-26)36(38(31)40)28-18-9-3-10-19-28/h1-25H. The summed E-state index contributed by atoms with van der Waals surface area (Å²) in [4.78, 5) is 0. The van der Waals surface area contributed by atoms with Crippen molar-refractivity contribution in [3.8, 4) is 66.8 Å². The molecule has 0 bridgehead atoms. The summed E-state index contributed by atoms with van der Waals surface area (Å²) in [6.45, 7) is 0. The van der Waals surface area contributed by atoms with E-state index in [9.17, 15) is 0 Å². The number of hydrogen-bond donors (Lipinski definition) is 0. The van der Waals surface area contributed by atoms with E-state index in [0.717, 1.165) is 4.47 Å². The molecule has 0 aromatic heterocycles. The molecule has 0 radical (unpaired) electrons. The Morgan fingerprint density at radius 1 is 0.293 bits per heavy atom. The molecule has 0 saturated heterocycles. The maximum atomic E-state index is 4.01. The highest BCUT2D eigenvalue weighted by molar-refractivity contribution is 9.10. The second-order valence-corrected chi connectivity index (χ2v) is 11.4. The van der Waals surface area contributed by atoms with Crippen molar-refractivity contribution < 1.29 is 0 Å². The second-order valence-electron chi connectivity index (χ2n) is 10.5. The first-order chi connectivity index (χ1) is 20.3. The first-order valence-corrected chi connectivity index (χ1v) is 14.8. The van der Waals surface area contributed by atoms with Crippen molar-refractivity contribution in [1.29, 1.82) is 0 Å². The van der Waals surface area contributed by atoms with Gasteiger partial charge in [0.1, 0.15) is 0 Å². The Kier molecular flexibility index (Phi) is 5.72. The highest BCUT2D eigenvalue weighted by Crippen LogP contribution is 2.61. The fraction of sp³-hybridized carbons (Fsp3) is 0. The van der Waals surface area contributed by atoms with Gasteiger partial charge < -0.3 is 0 Å². The highest BCUT2D eigenvalue weighted by Gasteiger charge is 2.34. The molecule has 0 unspecified atom stereocenters. The van der Waals surface area contributed by atoms with Gasteiger partial charge in [0.05, 0.1) is 0 Å². The molecule has 1 aliphatic rings. The summed E-state index contributed by atoms with van der Waals surface area (Å²) in [5.41, 5.74) is 15.1. The predicted octanol–water partition coefficient (Wildman–Crippen LogP) is 11.9. The maximum absolute atomic E-state index is 4.01. The second kappa shape index (κ2) is 9.73. The van der Waals surface area contributed by atoms with Crippen LogP contribution in [0.15, 0.2) is 156 Å². The van der Waals surface area contributed by atoms with Gasteiger partial charge in [0.2, 0.25) is 0 Å². The van der Waals surface area contributed by atoms with Crippen LogP contribution < -0.4 is 0 Å². The molecule has 0 aliphatic heterocycles. The Hall–Kier alpha value is -4.72. The third kappa shape index (κ3) is 3.74. The molecule has 192 valence electrons. The zero-order chi connectivity index (χ0) is 27.3. The van der Waals surface area contributed by atoms with Gasteiger partial charge in [-0.1, -0.05) is 162 Å². The fourth-order valence-electron chi connectivity index (χ4n) is 6.65. The third-order valence-electron chi connectivity index (χ3n) is 8.26. The number of rotatable bonds is 4. The number of fused-ring (bicyclic) bond motifs is 3. The average molecular weight is 586 g/mol. The number of benzene rings is 7. The van der Waals surface area contributed by atoms with Crippen molar-refractivity contribution in [1.82, 2.24) is 0 Å². The van der Waals surface area contributed by atoms with Crippen LogP contribution in [-0.2, 0) is 0 Å². The van der Waals surface area contributed by atoms with Crippen LogP contribution in [0.4, 0.5) is 0 Å². The molecular weight excluding hydrogens is 560 g/mol. The van der Waals surface area contributed by atoms with Gasteiger partial charge in [-0.05, 0) is 72.5 Å². The summed E-state index contributed by atoms with van der Waals surface area (Å²) in [7, 11) is 0. The molecule has 0 saturated carbocycles. The Morgan fingerprint density at radius 3 is 1.17 bits per heavy atom. The zero-order valence-electron chi connectivity index (χ0n) is 22.3. The van der Waals surface area contributed by atoms with E-state index in [1.165, 1.54) is 77.5 Å². The third-order valence-corrected chi connectivity index (χ3v) is 8.92. The minimum absolute atomic E-state index is 1.12. The largest absolute Gasteiger partial charge is 0.0622 e. The molecule has 1 heteroatoms. The lowest BCUT2D eigenvalue weighted by Gasteiger charge is -2.26. The molecule has 41 heavy (non-hydrogen) atoms. The minimum Gasteiger partial charge on any atom is -0.0622 e. The van der Waals surface area contributed by atoms with Crippen LogP contribution in [0.3, 0.4) is 0 Å². The number of halogens is 1. The Labute approximate surface area is 248 Å². The first-order valence-electron chi connectivity index (χ1n) is 14.0. The molecule has 0 amide bonds. The Morgan fingerprint density at radius 2 is 0.707 bits per heavy atom. The van der Waals surface area contributed by atoms with Gasteiger partial charge in [-0.15, -0.1) is 0 Å². The van der Waals surface area contributed by atoms with Gasteiger partial charge in [-0.25, -0.2) is 0 Å². The quantitative estimate of drug-likeness (QED) is 0.193. The minimum atomic E-state index is 1.12. The zero-order valence-corrected chi connectivity index (χ0v) is 23.9.